The van der Waals surface area contributed by atoms with Crippen LogP contribution in [0.4, 0.5) is 5.69 Å². The maximum atomic E-state index is 11.9. The third kappa shape index (κ3) is 4.71. The van der Waals surface area contributed by atoms with Crippen LogP contribution < -0.4 is 15.8 Å². The summed E-state index contributed by atoms with van der Waals surface area (Å²) in [6.07, 6.45) is 3.12. The number of rotatable bonds is 6. The van der Waals surface area contributed by atoms with E-state index < -0.39 is 5.91 Å². The molecule has 0 unspecified atom stereocenters. The molecule has 2 aromatic carbocycles. The van der Waals surface area contributed by atoms with E-state index in [4.69, 9.17) is 10.5 Å². The molecule has 5 heteroatoms. The first-order chi connectivity index (χ1) is 11.1. The van der Waals surface area contributed by atoms with E-state index in [1.807, 2.05) is 31.2 Å². The molecule has 0 bridgehead atoms. The van der Waals surface area contributed by atoms with Gasteiger partial charge in [0, 0.05) is 22.9 Å². The molecule has 0 atom stereocenters. The van der Waals surface area contributed by atoms with Gasteiger partial charge in [0.25, 0.3) is 0 Å². The number of primary amides is 1. The van der Waals surface area contributed by atoms with Crippen molar-refractivity contribution >= 4 is 23.6 Å². The van der Waals surface area contributed by atoms with E-state index in [2.05, 4.69) is 5.32 Å². The summed E-state index contributed by atoms with van der Waals surface area (Å²) in [6.45, 7) is 2.46. The van der Waals surface area contributed by atoms with E-state index in [0.717, 1.165) is 11.3 Å². The fourth-order valence-electron chi connectivity index (χ4n) is 1.97. The second-order valence-electron chi connectivity index (χ2n) is 4.74. The summed E-state index contributed by atoms with van der Waals surface area (Å²) in [7, 11) is 0. The van der Waals surface area contributed by atoms with Gasteiger partial charge in [-0.15, -0.1) is 0 Å². The molecule has 0 saturated heterocycles. The van der Waals surface area contributed by atoms with Gasteiger partial charge >= 0.3 is 0 Å². The van der Waals surface area contributed by atoms with Crippen molar-refractivity contribution in [2.24, 2.45) is 5.73 Å². The van der Waals surface area contributed by atoms with Gasteiger partial charge in [0.2, 0.25) is 11.8 Å². The fraction of sp³-hybridized carbons (Fsp3) is 0.111. The number of para-hydroxylation sites is 1. The quantitative estimate of drug-likeness (QED) is 0.805. The monoisotopic (exact) mass is 310 g/mol. The van der Waals surface area contributed by atoms with Crippen molar-refractivity contribution in [1.29, 1.82) is 0 Å². The minimum atomic E-state index is -0.504. The van der Waals surface area contributed by atoms with Gasteiger partial charge in [-0.05, 0) is 43.3 Å². The predicted molar refractivity (Wildman–Crippen MR) is 90.2 cm³/mol. The second kappa shape index (κ2) is 7.79. The zero-order valence-corrected chi connectivity index (χ0v) is 12.8. The van der Waals surface area contributed by atoms with Crippen molar-refractivity contribution in [3.8, 4) is 5.75 Å². The third-order valence-electron chi connectivity index (χ3n) is 3.07. The van der Waals surface area contributed by atoms with Gasteiger partial charge in [0.05, 0.1) is 6.61 Å². The largest absolute Gasteiger partial charge is 0.493 e. The number of carbonyl (C=O) groups is 2. The minimum absolute atomic E-state index is 0.275. The Balaban J connectivity index is 2.03. The topological polar surface area (TPSA) is 81.4 Å². The highest BCUT2D eigenvalue weighted by Gasteiger charge is 2.03. The lowest BCUT2D eigenvalue weighted by Gasteiger charge is -2.06. The highest BCUT2D eigenvalue weighted by Crippen LogP contribution is 2.19. The van der Waals surface area contributed by atoms with Gasteiger partial charge in [0.1, 0.15) is 5.75 Å². The first kappa shape index (κ1) is 16.3. The maximum absolute atomic E-state index is 11.9. The van der Waals surface area contributed by atoms with Crippen LogP contribution in [0.2, 0.25) is 0 Å². The van der Waals surface area contributed by atoms with Crippen molar-refractivity contribution in [3.63, 3.8) is 0 Å². The molecule has 0 fully saturated rings. The first-order valence-corrected chi connectivity index (χ1v) is 7.21. The molecular formula is C18H18N2O3. The molecule has 2 aromatic rings. The number of carbonyl (C=O) groups excluding carboxylic acids is 2. The van der Waals surface area contributed by atoms with Crippen LogP contribution in [0.15, 0.2) is 54.6 Å². The highest BCUT2D eigenvalue weighted by molar-refractivity contribution is 6.02. The number of anilines is 1. The lowest BCUT2D eigenvalue weighted by atomic mass is 10.2. The summed E-state index contributed by atoms with van der Waals surface area (Å²) >= 11 is 0. The van der Waals surface area contributed by atoms with Crippen LogP contribution in [0.3, 0.4) is 0 Å². The minimum Gasteiger partial charge on any atom is -0.493 e. The zero-order valence-electron chi connectivity index (χ0n) is 12.8. The molecule has 2 rings (SSSR count). The number of benzene rings is 2. The Hall–Kier alpha value is -3.08. The van der Waals surface area contributed by atoms with Gasteiger partial charge in [-0.3, -0.25) is 9.59 Å². The standard InChI is InChI=1S/C18H18N2O3/c1-2-23-16-6-4-3-5-13(16)9-12-17(21)20-15-10-7-14(8-11-15)18(19)22/h3-12H,2H2,1H3,(H2,19,22)(H,20,21)/b12-9+. The number of ether oxygens (including phenoxy) is 1. The number of amides is 2. The molecule has 3 N–H and O–H groups in total. The summed E-state index contributed by atoms with van der Waals surface area (Å²) in [4.78, 5) is 22.9. The van der Waals surface area contributed by atoms with Gasteiger partial charge in [-0.25, -0.2) is 0 Å². The van der Waals surface area contributed by atoms with Crippen molar-refractivity contribution in [2.45, 2.75) is 6.92 Å². The first-order valence-electron chi connectivity index (χ1n) is 7.21. The summed E-state index contributed by atoms with van der Waals surface area (Å²) < 4.78 is 5.50. The summed E-state index contributed by atoms with van der Waals surface area (Å²) in [5.41, 5.74) is 6.97. The maximum Gasteiger partial charge on any atom is 0.248 e. The molecule has 5 nitrogen and oxygen atoms in total. The Bertz CT molecular complexity index is 721. The van der Waals surface area contributed by atoms with Crippen LogP contribution in [-0.4, -0.2) is 18.4 Å². The van der Waals surface area contributed by atoms with Gasteiger partial charge in [-0.1, -0.05) is 18.2 Å². The van der Waals surface area contributed by atoms with Gasteiger partial charge in [-0.2, -0.15) is 0 Å². The number of hydrogen-bond donors (Lipinski definition) is 2. The van der Waals surface area contributed by atoms with E-state index in [1.54, 1.807) is 30.3 Å². The van der Waals surface area contributed by atoms with Gasteiger partial charge < -0.3 is 15.8 Å². The van der Waals surface area contributed by atoms with Crippen LogP contribution in [0.5, 0.6) is 5.75 Å². The molecule has 0 radical (unpaired) electrons. The summed E-state index contributed by atoms with van der Waals surface area (Å²) in [5, 5.41) is 2.71. The van der Waals surface area contributed by atoms with Crippen LogP contribution >= 0.6 is 0 Å². The molecule has 2 amide bonds. The van der Waals surface area contributed by atoms with Crippen LogP contribution in [0.25, 0.3) is 6.08 Å². The predicted octanol–water partition coefficient (Wildman–Crippen LogP) is 2.84. The number of nitrogens with two attached hydrogens (primary N) is 1. The molecule has 0 saturated carbocycles. The summed E-state index contributed by atoms with van der Waals surface area (Å²) in [5.74, 6) is -0.0525. The smallest absolute Gasteiger partial charge is 0.248 e. The molecular weight excluding hydrogens is 292 g/mol. The molecule has 0 spiro atoms. The van der Waals surface area contributed by atoms with Crippen molar-refractivity contribution in [2.75, 3.05) is 11.9 Å². The van der Waals surface area contributed by atoms with Crippen LogP contribution in [0.1, 0.15) is 22.8 Å². The SMILES string of the molecule is CCOc1ccccc1/C=C/C(=O)Nc1ccc(C(N)=O)cc1. The molecule has 0 heterocycles. The van der Waals surface area contributed by atoms with E-state index in [9.17, 15) is 9.59 Å². The average Bonchev–Trinajstić information content (AvgIpc) is 2.55. The third-order valence-corrected chi connectivity index (χ3v) is 3.07. The molecule has 0 aromatic heterocycles. The van der Waals surface area contributed by atoms with Gasteiger partial charge in [0.15, 0.2) is 0 Å². The normalized spacial score (nSPS) is 10.5. The zero-order chi connectivity index (χ0) is 16.7. The Kier molecular flexibility index (Phi) is 5.52. The Morgan fingerprint density at radius 2 is 1.83 bits per heavy atom. The number of nitrogens with one attached hydrogen (secondary N) is 1. The van der Waals surface area contributed by atoms with E-state index in [1.165, 1.54) is 6.08 Å². The van der Waals surface area contributed by atoms with E-state index >= 15 is 0 Å². The van der Waals surface area contributed by atoms with E-state index in [0.29, 0.717) is 17.9 Å². The number of hydrogen-bond acceptors (Lipinski definition) is 3. The molecule has 0 aliphatic rings. The lowest BCUT2D eigenvalue weighted by molar-refractivity contribution is -0.111. The molecule has 0 aliphatic carbocycles. The molecule has 23 heavy (non-hydrogen) atoms. The molecule has 0 aliphatic heterocycles. The van der Waals surface area contributed by atoms with Crippen LogP contribution in [0, 0.1) is 0 Å². The fourth-order valence-corrected chi connectivity index (χ4v) is 1.97. The van der Waals surface area contributed by atoms with Crippen molar-refractivity contribution < 1.29 is 14.3 Å². The average molecular weight is 310 g/mol. The highest BCUT2D eigenvalue weighted by atomic mass is 16.5. The second-order valence-corrected chi connectivity index (χ2v) is 4.74. The summed E-state index contributed by atoms with van der Waals surface area (Å²) in [6, 6.07) is 13.9. The lowest BCUT2D eigenvalue weighted by Crippen LogP contribution is -2.11. The Morgan fingerprint density at radius 1 is 1.13 bits per heavy atom. The van der Waals surface area contributed by atoms with Crippen LogP contribution in [-0.2, 0) is 4.79 Å². The molecule has 118 valence electrons. The van der Waals surface area contributed by atoms with E-state index in [-0.39, 0.29) is 5.91 Å². The Morgan fingerprint density at radius 3 is 2.48 bits per heavy atom. The Labute approximate surface area is 134 Å². The van der Waals surface area contributed by atoms with Crippen molar-refractivity contribution in [1.82, 2.24) is 0 Å². The van der Waals surface area contributed by atoms with Crippen molar-refractivity contribution in [3.05, 3.63) is 65.7 Å².